The fraction of sp³-hybridized carbons (Fsp3) is 0.259. The maximum absolute atomic E-state index is 2.60. The molecular weight excluding hydrogens is 677 g/mol. The Kier molecular flexibility index (Phi) is 8.54. The molecule has 2 nitrogen and oxygen atoms in total. The molecule has 0 saturated carbocycles. The standard InChI is InChI=1S/C54H54N2/c1-32(2)46-31-50(56(41-16-12-14-34(4)24-41)43-27-37(7)22-38(8)28-43)47-30-48-51-39(19-20-54(48,9)10)29-49(45-18-17-44(46)52(47)53(45)51)55(40-15-11-13-33(3)23-40)42-25-35(5)21-36(6)26-42/h11-18,21-32H,19-20H2,1-10H3. The highest BCUT2D eigenvalue weighted by Gasteiger charge is 2.34. The van der Waals surface area contributed by atoms with E-state index in [0.717, 1.165) is 12.8 Å². The van der Waals surface area contributed by atoms with E-state index < -0.39 is 0 Å². The third-order valence-corrected chi connectivity index (χ3v) is 12.4. The summed E-state index contributed by atoms with van der Waals surface area (Å²) in [7, 11) is 0. The van der Waals surface area contributed by atoms with Crippen molar-refractivity contribution in [1.29, 1.82) is 0 Å². The van der Waals surface area contributed by atoms with E-state index in [2.05, 4.69) is 194 Å². The third-order valence-electron chi connectivity index (χ3n) is 12.4. The van der Waals surface area contributed by atoms with Crippen molar-refractivity contribution < 1.29 is 0 Å². The van der Waals surface area contributed by atoms with Gasteiger partial charge in [-0.3, -0.25) is 0 Å². The van der Waals surface area contributed by atoms with Gasteiger partial charge in [-0.15, -0.1) is 0 Å². The first kappa shape index (κ1) is 36.1. The molecule has 8 aromatic rings. The van der Waals surface area contributed by atoms with Crippen LogP contribution in [0.4, 0.5) is 34.1 Å². The van der Waals surface area contributed by atoms with Crippen LogP contribution in [0.5, 0.6) is 0 Å². The normalized spacial score (nSPS) is 13.7. The van der Waals surface area contributed by atoms with E-state index in [1.165, 1.54) is 117 Å². The minimum Gasteiger partial charge on any atom is -0.310 e. The van der Waals surface area contributed by atoms with E-state index in [-0.39, 0.29) is 5.41 Å². The molecule has 0 amide bonds. The summed E-state index contributed by atoms with van der Waals surface area (Å²) in [6.45, 7) is 22.9. The van der Waals surface area contributed by atoms with Gasteiger partial charge in [-0.2, -0.15) is 0 Å². The second-order valence-electron chi connectivity index (χ2n) is 17.9. The van der Waals surface area contributed by atoms with Crippen molar-refractivity contribution in [2.45, 2.75) is 93.4 Å². The average Bonchev–Trinajstić information content (AvgIpc) is 3.13. The molecule has 0 radical (unpaired) electrons. The van der Waals surface area contributed by atoms with E-state index in [1.54, 1.807) is 0 Å². The summed E-state index contributed by atoms with van der Waals surface area (Å²) in [6.07, 6.45) is 2.16. The second-order valence-corrected chi connectivity index (χ2v) is 17.9. The molecule has 280 valence electrons. The highest BCUT2D eigenvalue weighted by Crippen LogP contribution is 2.54. The molecule has 2 heteroatoms. The van der Waals surface area contributed by atoms with Gasteiger partial charge in [0.2, 0.25) is 0 Å². The van der Waals surface area contributed by atoms with Crippen LogP contribution in [-0.4, -0.2) is 0 Å². The molecule has 0 aromatic heterocycles. The average molecular weight is 731 g/mol. The first-order valence-electron chi connectivity index (χ1n) is 20.5. The summed E-state index contributed by atoms with van der Waals surface area (Å²) >= 11 is 0. The molecule has 8 aromatic carbocycles. The minimum absolute atomic E-state index is 0.0211. The highest BCUT2D eigenvalue weighted by molar-refractivity contribution is 6.30. The predicted molar refractivity (Wildman–Crippen MR) is 243 cm³/mol. The van der Waals surface area contributed by atoms with Crippen LogP contribution in [0.2, 0.25) is 0 Å². The molecule has 9 rings (SSSR count). The first-order chi connectivity index (χ1) is 26.8. The second kappa shape index (κ2) is 13.3. The van der Waals surface area contributed by atoms with Gasteiger partial charge in [-0.1, -0.05) is 76.2 Å². The first-order valence-corrected chi connectivity index (χ1v) is 20.5. The van der Waals surface area contributed by atoms with Gasteiger partial charge in [0.1, 0.15) is 0 Å². The number of nitrogens with zero attached hydrogens (tertiary/aromatic N) is 2. The van der Waals surface area contributed by atoms with Crippen molar-refractivity contribution in [3.05, 3.63) is 165 Å². The molecule has 0 spiro atoms. The molecule has 1 aliphatic rings. The quantitative estimate of drug-likeness (QED) is 0.151. The van der Waals surface area contributed by atoms with E-state index in [4.69, 9.17) is 0 Å². The van der Waals surface area contributed by atoms with Crippen LogP contribution >= 0.6 is 0 Å². The number of hydrogen-bond donors (Lipinski definition) is 0. The lowest BCUT2D eigenvalue weighted by Crippen LogP contribution is -2.24. The largest absolute Gasteiger partial charge is 0.310 e. The van der Waals surface area contributed by atoms with Gasteiger partial charge in [0.15, 0.2) is 0 Å². The molecule has 0 saturated heterocycles. The molecule has 0 aliphatic heterocycles. The summed E-state index contributed by atoms with van der Waals surface area (Å²) < 4.78 is 0. The van der Waals surface area contributed by atoms with Gasteiger partial charge in [0.25, 0.3) is 0 Å². The lowest BCUT2D eigenvalue weighted by molar-refractivity contribution is 0.475. The van der Waals surface area contributed by atoms with Crippen LogP contribution in [0.15, 0.2) is 115 Å². The zero-order valence-corrected chi connectivity index (χ0v) is 34.9. The smallest absolute Gasteiger partial charge is 0.0543 e. The van der Waals surface area contributed by atoms with E-state index in [0.29, 0.717) is 5.92 Å². The molecule has 0 atom stereocenters. The van der Waals surface area contributed by atoms with Gasteiger partial charge in [0.05, 0.1) is 11.4 Å². The van der Waals surface area contributed by atoms with E-state index >= 15 is 0 Å². The van der Waals surface area contributed by atoms with Crippen LogP contribution in [0, 0.1) is 41.5 Å². The molecule has 0 bridgehead atoms. The molecule has 0 N–H and O–H groups in total. The van der Waals surface area contributed by atoms with Crippen molar-refractivity contribution in [2.24, 2.45) is 0 Å². The Morgan fingerprint density at radius 2 is 0.964 bits per heavy atom. The van der Waals surface area contributed by atoms with Crippen molar-refractivity contribution in [3.8, 4) is 0 Å². The summed E-state index contributed by atoms with van der Waals surface area (Å²) in [5, 5.41) is 8.25. The summed E-state index contributed by atoms with van der Waals surface area (Å²) in [4.78, 5) is 5.08. The Hall–Kier alpha value is -5.60. The maximum atomic E-state index is 2.60. The van der Waals surface area contributed by atoms with E-state index in [9.17, 15) is 0 Å². The molecular formula is C54H54N2. The highest BCUT2D eigenvalue weighted by atomic mass is 15.2. The maximum Gasteiger partial charge on any atom is 0.0543 e. The van der Waals surface area contributed by atoms with Crippen LogP contribution in [0.25, 0.3) is 32.3 Å². The topological polar surface area (TPSA) is 6.48 Å². The Balaban J connectivity index is 1.47. The monoisotopic (exact) mass is 730 g/mol. The predicted octanol–water partition coefficient (Wildman–Crippen LogP) is 15.7. The number of anilines is 6. The Labute approximate surface area is 333 Å². The zero-order chi connectivity index (χ0) is 39.2. The Bertz CT molecular complexity index is 2790. The number of aryl methyl sites for hydroxylation is 7. The Morgan fingerprint density at radius 3 is 1.48 bits per heavy atom. The fourth-order valence-electron chi connectivity index (χ4n) is 9.88. The number of benzene rings is 8. The zero-order valence-electron chi connectivity index (χ0n) is 34.9. The fourth-order valence-corrected chi connectivity index (χ4v) is 9.88. The summed E-state index contributed by atoms with van der Waals surface area (Å²) in [5.41, 5.74) is 19.2. The third kappa shape index (κ3) is 5.93. The lowest BCUT2D eigenvalue weighted by atomic mass is 9.70. The lowest BCUT2D eigenvalue weighted by Gasteiger charge is -2.37. The molecule has 0 heterocycles. The molecule has 0 unspecified atom stereocenters. The van der Waals surface area contributed by atoms with Gasteiger partial charge in [-0.05, 0) is 199 Å². The van der Waals surface area contributed by atoms with Crippen LogP contribution in [0.3, 0.4) is 0 Å². The van der Waals surface area contributed by atoms with Crippen molar-refractivity contribution in [3.63, 3.8) is 0 Å². The van der Waals surface area contributed by atoms with Crippen molar-refractivity contribution >= 4 is 66.4 Å². The van der Waals surface area contributed by atoms with E-state index in [1.807, 2.05) is 0 Å². The number of rotatable bonds is 7. The number of hydrogen-bond acceptors (Lipinski definition) is 2. The molecule has 0 fully saturated rings. The van der Waals surface area contributed by atoms with Crippen LogP contribution in [-0.2, 0) is 11.8 Å². The Morgan fingerprint density at radius 1 is 0.464 bits per heavy atom. The SMILES string of the molecule is Cc1cccc(N(c2cc(C)cc(C)c2)c2cc(C(C)C)c3ccc4c(N(c5cccc(C)c5)c5cc(C)cc(C)c5)cc5c6c(cc2c3c46)C(C)(C)CC5)c1. The van der Waals surface area contributed by atoms with Crippen LogP contribution in [0.1, 0.15) is 90.1 Å². The van der Waals surface area contributed by atoms with Crippen molar-refractivity contribution in [1.82, 2.24) is 0 Å². The van der Waals surface area contributed by atoms with Crippen LogP contribution < -0.4 is 9.80 Å². The minimum atomic E-state index is 0.0211. The molecule has 56 heavy (non-hydrogen) atoms. The molecule has 1 aliphatic carbocycles. The van der Waals surface area contributed by atoms with Gasteiger partial charge in [0, 0.05) is 38.9 Å². The summed E-state index contributed by atoms with van der Waals surface area (Å²) in [5.74, 6) is 0.332. The summed E-state index contributed by atoms with van der Waals surface area (Å²) in [6, 6.07) is 44.6. The van der Waals surface area contributed by atoms with Gasteiger partial charge in [-0.25, -0.2) is 0 Å². The van der Waals surface area contributed by atoms with Gasteiger partial charge < -0.3 is 9.80 Å². The van der Waals surface area contributed by atoms with Gasteiger partial charge >= 0.3 is 0 Å². The van der Waals surface area contributed by atoms with Crippen molar-refractivity contribution in [2.75, 3.05) is 9.80 Å².